The largest absolute Gasteiger partial charge is 0.361 e. The van der Waals surface area contributed by atoms with Crippen molar-refractivity contribution in [2.45, 2.75) is 40.0 Å². The zero-order chi connectivity index (χ0) is 18.7. The molecule has 0 bridgehead atoms. The Bertz CT molecular complexity index is 890. The van der Waals surface area contributed by atoms with Crippen LogP contribution in [0.4, 0.5) is 0 Å². The van der Waals surface area contributed by atoms with Gasteiger partial charge in [-0.05, 0) is 39.3 Å². The lowest BCUT2D eigenvalue weighted by Gasteiger charge is -2.10. The number of Topliss-reactive ketones (excluding diaryl/α,β-unsaturated/α-hetero) is 1. The fraction of sp³-hybridized carbons (Fsp3) is 0.333. The smallest absolute Gasteiger partial charge is 0.174 e. The van der Waals surface area contributed by atoms with Gasteiger partial charge in [-0.15, -0.1) is 11.8 Å². The first-order chi connectivity index (χ1) is 12.5. The molecule has 136 valence electrons. The third kappa shape index (κ3) is 3.93. The van der Waals surface area contributed by atoms with E-state index in [-0.39, 0.29) is 5.78 Å². The zero-order valence-electron chi connectivity index (χ0n) is 15.7. The summed E-state index contributed by atoms with van der Waals surface area (Å²) in [5.74, 6) is 2.22. The Morgan fingerprint density at radius 3 is 2.54 bits per heavy atom. The van der Waals surface area contributed by atoms with Crippen LogP contribution >= 0.6 is 11.8 Å². The molecule has 2 heterocycles. The molecule has 0 aliphatic rings. The van der Waals surface area contributed by atoms with Crippen LogP contribution in [0.5, 0.6) is 0 Å². The average Bonchev–Trinajstić information content (AvgIpc) is 3.10. The highest BCUT2D eigenvalue weighted by atomic mass is 32.2. The average molecular weight is 369 g/mol. The van der Waals surface area contributed by atoms with Gasteiger partial charge in [0.1, 0.15) is 5.76 Å². The minimum atomic E-state index is 0.175. The number of hydrogen-bond donors (Lipinski definition) is 0. The van der Waals surface area contributed by atoms with Crippen molar-refractivity contribution in [3.63, 3.8) is 0 Å². The van der Waals surface area contributed by atoms with Crippen molar-refractivity contribution in [2.75, 3.05) is 5.75 Å². The second-order valence-electron chi connectivity index (χ2n) is 6.58. The maximum atomic E-state index is 12.7. The predicted octanol–water partition coefficient (Wildman–Crippen LogP) is 4.87. The molecule has 0 fully saturated rings. The summed E-state index contributed by atoms with van der Waals surface area (Å²) < 4.78 is 7.39. The minimum Gasteiger partial charge on any atom is -0.361 e. The summed E-state index contributed by atoms with van der Waals surface area (Å²) in [6.45, 7) is 8.73. The molecule has 0 saturated carbocycles. The first-order valence-corrected chi connectivity index (χ1v) is 9.86. The normalized spacial score (nSPS) is 11.1. The number of carbonyl (C=O) groups is 1. The van der Waals surface area contributed by atoms with Crippen LogP contribution in [0.25, 0.3) is 0 Å². The van der Waals surface area contributed by atoms with Gasteiger partial charge in [-0.3, -0.25) is 4.79 Å². The second kappa shape index (κ2) is 7.96. The fourth-order valence-corrected chi connectivity index (χ4v) is 4.18. The van der Waals surface area contributed by atoms with Crippen molar-refractivity contribution in [1.29, 1.82) is 0 Å². The topological polar surface area (TPSA) is 48.0 Å². The molecular weight excluding hydrogens is 344 g/mol. The molecule has 2 aromatic heterocycles. The standard InChI is InChI=1S/C21H24N2O2S/c1-14-10-19(16(3)23(14)11-18-8-6-5-7-9-18)21(24)13-26-12-20-15(2)22-25-17(20)4/h5-10H,11-13H2,1-4H3. The van der Waals surface area contributed by atoms with E-state index < -0.39 is 0 Å². The molecule has 0 radical (unpaired) electrons. The van der Waals surface area contributed by atoms with Crippen LogP contribution in [0, 0.1) is 27.7 Å². The molecule has 0 aliphatic carbocycles. The predicted molar refractivity (Wildman–Crippen MR) is 106 cm³/mol. The lowest BCUT2D eigenvalue weighted by atomic mass is 10.2. The number of aryl methyl sites for hydroxylation is 3. The van der Waals surface area contributed by atoms with Crippen LogP contribution in [0.1, 0.15) is 44.3 Å². The summed E-state index contributed by atoms with van der Waals surface area (Å²) in [5.41, 5.74) is 6.21. The van der Waals surface area contributed by atoms with Gasteiger partial charge in [0.05, 0.1) is 11.4 Å². The molecule has 3 aromatic rings. The van der Waals surface area contributed by atoms with Crippen molar-refractivity contribution in [1.82, 2.24) is 9.72 Å². The van der Waals surface area contributed by atoms with Gasteiger partial charge in [0.15, 0.2) is 5.78 Å². The van der Waals surface area contributed by atoms with Crippen molar-refractivity contribution < 1.29 is 9.32 Å². The van der Waals surface area contributed by atoms with Crippen molar-refractivity contribution in [3.05, 3.63) is 75.9 Å². The van der Waals surface area contributed by atoms with Crippen molar-refractivity contribution >= 4 is 17.5 Å². The van der Waals surface area contributed by atoms with Gasteiger partial charge >= 0.3 is 0 Å². The van der Waals surface area contributed by atoms with E-state index in [1.807, 2.05) is 45.0 Å². The Balaban J connectivity index is 1.67. The number of thioether (sulfide) groups is 1. The minimum absolute atomic E-state index is 0.175. The molecule has 0 unspecified atom stereocenters. The van der Waals surface area contributed by atoms with Crippen LogP contribution in [0.15, 0.2) is 40.9 Å². The molecule has 0 aliphatic heterocycles. The maximum absolute atomic E-state index is 12.7. The Morgan fingerprint density at radius 1 is 1.15 bits per heavy atom. The van der Waals surface area contributed by atoms with Gasteiger partial charge in [0, 0.05) is 34.8 Å². The molecule has 1 aromatic carbocycles. The van der Waals surface area contributed by atoms with Gasteiger partial charge in [-0.1, -0.05) is 35.5 Å². The summed E-state index contributed by atoms with van der Waals surface area (Å²) in [7, 11) is 0. The number of carbonyl (C=O) groups excluding carboxylic acids is 1. The first-order valence-electron chi connectivity index (χ1n) is 8.70. The molecule has 3 rings (SSSR count). The van der Waals surface area contributed by atoms with E-state index in [0.29, 0.717) is 5.75 Å². The van der Waals surface area contributed by atoms with E-state index in [4.69, 9.17) is 4.52 Å². The van der Waals surface area contributed by atoms with E-state index in [1.165, 1.54) is 5.56 Å². The molecule has 4 nitrogen and oxygen atoms in total. The first kappa shape index (κ1) is 18.5. The quantitative estimate of drug-likeness (QED) is 0.558. The number of rotatable bonds is 7. The van der Waals surface area contributed by atoms with E-state index in [9.17, 15) is 4.79 Å². The van der Waals surface area contributed by atoms with Gasteiger partial charge in [0.25, 0.3) is 0 Å². The number of hydrogen-bond acceptors (Lipinski definition) is 4. The molecule has 0 amide bonds. The van der Waals surface area contributed by atoms with E-state index in [0.717, 1.165) is 46.3 Å². The van der Waals surface area contributed by atoms with E-state index in [2.05, 4.69) is 28.8 Å². The highest BCUT2D eigenvalue weighted by Crippen LogP contribution is 2.23. The molecule has 5 heteroatoms. The molecule has 0 atom stereocenters. The van der Waals surface area contributed by atoms with Crippen molar-refractivity contribution in [3.8, 4) is 0 Å². The van der Waals surface area contributed by atoms with Gasteiger partial charge < -0.3 is 9.09 Å². The highest BCUT2D eigenvalue weighted by Gasteiger charge is 2.17. The van der Waals surface area contributed by atoms with Gasteiger partial charge in [-0.2, -0.15) is 0 Å². The highest BCUT2D eigenvalue weighted by molar-refractivity contribution is 7.99. The molecule has 0 N–H and O–H groups in total. The Hall–Kier alpha value is -2.27. The maximum Gasteiger partial charge on any atom is 0.174 e. The number of benzene rings is 1. The second-order valence-corrected chi connectivity index (χ2v) is 7.56. The summed E-state index contributed by atoms with van der Waals surface area (Å²) in [6.07, 6.45) is 0. The summed E-state index contributed by atoms with van der Waals surface area (Å²) in [4.78, 5) is 12.7. The lowest BCUT2D eigenvalue weighted by Crippen LogP contribution is -2.07. The molecule has 26 heavy (non-hydrogen) atoms. The summed E-state index contributed by atoms with van der Waals surface area (Å²) in [6, 6.07) is 12.3. The Labute approximate surface area is 158 Å². The van der Waals surface area contributed by atoms with E-state index >= 15 is 0 Å². The van der Waals surface area contributed by atoms with Crippen LogP contribution < -0.4 is 0 Å². The number of ketones is 1. The third-order valence-electron chi connectivity index (χ3n) is 4.72. The Morgan fingerprint density at radius 2 is 1.88 bits per heavy atom. The van der Waals surface area contributed by atoms with Crippen LogP contribution in [0.2, 0.25) is 0 Å². The molecule has 0 saturated heterocycles. The van der Waals surface area contributed by atoms with E-state index in [1.54, 1.807) is 11.8 Å². The van der Waals surface area contributed by atoms with Crippen LogP contribution in [-0.2, 0) is 12.3 Å². The summed E-state index contributed by atoms with van der Waals surface area (Å²) >= 11 is 1.61. The lowest BCUT2D eigenvalue weighted by molar-refractivity contribution is 0.102. The Kier molecular flexibility index (Phi) is 5.67. The molecular formula is C21H24N2O2S. The van der Waals surface area contributed by atoms with Crippen LogP contribution in [-0.4, -0.2) is 21.3 Å². The number of nitrogens with zero attached hydrogens (tertiary/aromatic N) is 2. The fourth-order valence-electron chi connectivity index (χ4n) is 3.12. The van der Waals surface area contributed by atoms with Crippen molar-refractivity contribution in [2.24, 2.45) is 0 Å². The number of aromatic nitrogens is 2. The zero-order valence-corrected chi connectivity index (χ0v) is 16.5. The van der Waals surface area contributed by atoms with Gasteiger partial charge in [-0.25, -0.2) is 0 Å². The monoisotopic (exact) mass is 368 g/mol. The van der Waals surface area contributed by atoms with Gasteiger partial charge in [0.2, 0.25) is 0 Å². The third-order valence-corrected chi connectivity index (χ3v) is 5.68. The van der Waals surface area contributed by atoms with Crippen LogP contribution in [0.3, 0.4) is 0 Å². The SMILES string of the molecule is Cc1noc(C)c1CSCC(=O)c1cc(C)n(Cc2ccccc2)c1C. The molecule has 0 spiro atoms. The summed E-state index contributed by atoms with van der Waals surface area (Å²) in [5, 5.41) is 3.96.